The van der Waals surface area contributed by atoms with Crippen molar-refractivity contribution in [3.05, 3.63) is 0 Å². The van der Waals surface area contributed by atoms with Crippen molar-refractivity contribution in [1.82, 2.24) is 4.98 Å². The molecular formula is C12H29NO3Si. The Morgan fingerprint density at radius 3 is 2.00 bits per heavy atom. The minimum Gasteiger partial charge on any atom is -0.361 e. The van der Waals surface area contributed by atoms with Crippen LogP contribution in [0, 0.1) is 0 Å². The molecule has 5 heteroatoms. The summed E-state index contributed by atoms with van der Waals surface area (Å²) in [6, 6.07) is 0.349. The van der Waals surface area contributed by atoms with E-state index in [1.807, 2.05) is 13.8 Å². The van der Waals surface area contributed by atoms with Crippen molar-refractivity contribution in [2.75, 3.05) is 19.8 Å². The van der Waals surface area contributed by atoms with Gasteiger partial charge in [-0.1, -0.05) is 27.2 Å². The van der Waals surface area contributed by atoms with Gasteiger partial charge in [0.25, 0.3) is 0 Å². The Balaban J connectivity index is 4.46. The highest BCUT2D eigenvalue weighted by atomic mass is 28.4. The molecule has 0 saturated heterocycles. The van der Waals surface area contributed by atoms with Crippen LogP contribution in [0.25, 0.3) is 0 Å². The van der Waals surface area contributed by atoms with Crippen molar-refractivity contribution < 1.29 is 13.3 Å². The molecule has 0 bridgehead atoms. The Kier molecular flexibility index (Phi) is 10.1. The van der Waals surface area contributed by atoms with Gasteiger partial charge in [-0.25, -0.2) is 0 Å². The van der Waals surface area contributed by atoms with E-state index in [2.05, 4.69) is 25.8 Å². The fourth-order valence-electron chi connectivity index (χ4n) is 1.38. The number of unbranched alkanes of at least 4 members (excludes halogenated alkanes) is 1. The molecule has 0 saturated carbocycles. The molecule has 0 aliphatic rings. The molecule has 17 heavy (non-hydrogen) atoms. The smallest absolute Gasteiger partial charge is 0.361 e. The van der Waals surface area contributed by atoms with Gasteiger partial charge in [-0.2, -0.15) is 0 Å². The summed E-state index contributed by atoms with van der Waals surface area (Å²) in [6.07, 6.45) is 3.19. The Bertz CT molecular complexity index is 175. The van der Waals surface area contributed by atoms with Crippen LogP contribution in [0.4, 0.5) is 0 Å². The molecule has 0 aromatic carbocycles. The lowest BCUT2D eigenvalue weighted by Gasteiger charge is -2.31. The molecule has 1 unspecified atom stereocenters. The van der Waals surface area contributed by atoms with Crippen molar-refractivity contribution in [2.45, 2.75) is 59.9 Å². The Hall–Kier alpha value is 0.0569. The summed E-state index contributed by atoms with van der Waals surface area (Å²) >= 11 is 0. The number of hydrogen-bond donors (Lipinski definition) is 1. The van der Waals surface area contributed by atoms with E-state index >= 15 is 0 Å². The highest BCUT2D eigenvalue weighted by molar-refractivity contribution is 6.58. The molecule has 0 fully saturated rings. The van der Waals surface area contributed by atoms with Gasteiger partial charge in [-0.05, 0) is 26.7 Å². The van der Waals surface area contributed by atoms with Gasteiger partial charge in [0.15, 0.2) is 0 Å². The molecule has 0 amide bonds. The largest absolute Gasteiger partial charge is 0.597 e. The van der Waals surface area contributed by atoms with Crippen molar-refractivity contribution in [3.8, 4) is 0 Å². The van der Waals surface area contributed by atoms with Crippen LogP contribution >= 0.6 is 0 Å². The van der Waals surface area contributed by atoms with Crippen LogP contribution in [0.1, 0.15) is 53.9 Å². The summed E-state index contributed by atoms with van der Waals surface area (Å²) in [4.78, 5) is 3.41. The quantitative estimate of drug-likeness (QED) is 0.459. The van der Waals surface area contributed by atoms with Gasteiger partial charge in [0.2, 0.25) is 0 Å². The zero-order valence-corrected chi connectivity index (χ0v) is 13.0. The van der Waals surface area contributed by atoms with Crippen LogP contribution in [0.3, 0.4) is 0 Å². The minimum absolute atomic E-state index is 0.349. The van der Waals surface area contributed by atoms with E-state index < -0.39 is 8.97 Å². The average molecular weight is 263 g/mol. The molecule has 104 valence electrons. The Morgan fingerprint density at radius 2 is 1.59 bits per heavy atom. The zero-order chi connectivity index (χ0) is 13.1. The lowest BCUT2D eigenvalue weighted by atomic mass is 10.3. The Labute approximate surface area is 107 Å². The first-order chi connectivity index (χ1) is 8.14. The van der Waals surface area contributed by atoms with E-state index in [1.54, 1.807) is 0 Å². The normalized spacial score (nSPS) is 13.9. The topological polar surface area (TPSA) is 39.7 Å². The van der Waals surface area contributed by atoms with Crippen LogP contribution < -0.4 is 4.98 Å². The van der Waals surface area contributed by atoms with E-state index in [0.717, 1.165) is 19.3 Å². The summed E-state index contributed by atoms with van der Waals surface area (Å²) in [6.45, 7) is 12.3. The molecule has 1 N–H and O–H groups in total. The summed E-state index contributed by atoms with van der Waals surface area (Å²) < 4.78 is 17.5. The maximum absolute atomic E-state index is 5.91. The van der Waals surface area contributed by atoms with Gasteiger partial charge < -0.3 is 13.3 Å². The highest BCUT2D eigenvalue weighted by Gasteiger charge is 2.42. The molecule has 0 aromatic rings. The first-order valence-corrected chi connectivity index (χ1v) is 8.56. The van der Waals surface area contributed by atoms with Crippen molar-refractivity contribution in [2.24, 2.45) is 0 Å². The summed E-state index contributed by atoms with van der Waals surface area (Å²) in [5, 5.41) is 0. The van der Waals surface area contributed by atoms with Crippen LogP contribution in [0.2, 0.25) is 0 Å². The van der Waals surface area contributed by atoms with E-state index in [-0.39, 0.29) is 0 Å². The van der Waals surface area contributed by atoms with Crippen molar-refractivity contribution >= 4 is 8.97 Å². The van der Waals surface area contributed by atoms with Gasteiger partial charge in [0.1, 0.15) is 0 Å². The molecule has 0 aromatic heterocycles. The lowest BCUT2D eigenvalue weighted by Crippen LogP contribution is -2.61. The van der Waals surface area contributed by atoms with Gasteiger partial charge in [-0.15, -0.1) is 0 Å². The third-order valence-corrected chi connectivity index (χ3v) is 5.26. The predicted molar refractivity (Wildman–Crippen MR) is 72.8 cm³/mol. The van der Waals surface area contributed by atoms with Crippen molar-refractivity contribution in [3.63, 3.8) is 0 Å². The minimum atomic E-state index is -2.67. The number of hydrogen-bond acceptors (Lipinski definition) is 4. The van der Waals surface area contributed by atoms with Gasteiger partial charge in [0.05, 0.1) is 0 Å². The standard InChI is InChI=1S/C12H29NO3Si/c1-6-10-11-16-17(14-8-3,15-9-4)13-12(5)7-2/h12-13H,6-11H2,1-5H3. The first kappa shape index (κ1) is 17.1. The molecule has 0 aliphatic carbocycles. The van der Waals surface area contributed by atoms with Gasteiger partial charge >= 0.3 is 8.97 Å². The molecule has 4 nitrogen and oxygen atoms in total. The number of nitrogens with one attached hydrogen (secondary N) is 1. The third kappa shape index (κ3) is 7.16. The van der Waals surface area contributed by atoms with E-state index in [1.165, 1.54) is 0 Å². The van der Waals surface area contributed by atoms with E-state index in [9.17, 15) is 0 Å². The summed E-state index contributed by atoms with van der Waals surface area (Å²) in [5.74, 6) is 0. The highest BCUT2D eigenvalue weighted by Crippen LogP contribution is 2.10. The monoisotopic (exact) mass is 263 g/mol. The molecule has 0 rings (SSSR count). The summed E-state index contributed by atoms with van der Waals surface area (Å²) in [5.41, 5.74) is 0. The van der Waals surface area contributed by atoms with Crippen molar-refractivity contribution in [1.29, 1.82) is 0 Å². The fourth-order valence-corrected chi connectivity index (χ4v) is 3.87. The molecule has 0 radical (unpaired) electrons. The predicted octanol–water partition coefficient (Wildman–Crippen LogP) is 2.70. The third-order valence-electron chi connectivity index (χ3n) is 2.49. The molecular weight excluding hydrogens is 234 g/mol. The second-order valence-corrected chi connectivity index (χ2v) is 6.34. The van der Waals surface area contributed by atoms with E-state index in [0.29, 0.717) is 25.9 Å². The van der Waals surface area contributed by atoms with Gasteiger partial charge in [0, 0.05) is 25.9 Å². The summed E-state index contributed by atoms with van der Waals surface area (Å²) in [7, 11) is -2.67. The molecule has 0 spiro atoms. The maximum Gasteiger partial charge on any atom is 0.597 e. The molecule has 1 atom stereocenters. The Morgan fingerprint density at radius 1 is 1.00 bits per heavy atom. The van der Waals surface area contributed by atoms with Crippen LogP contribution in [-0.2, 0) is 13.3 Å². The van der Waals surface area contributed by atoms with E-state index in [4.69, 9.17) is 13.3 Å². The fraction of sp³-hybridized carbons (Fsp3) is 1.00. The van der Waals surface area contributed by atoms with Gasteiger partial charge in [-0.3, -0.25) is 4.98 Å². The number of rotatable bonds is 11. The second-order valence-electron chi connectivity index (χ2n) is 4.08. The molecule has 0 aliphatic heterocycles. The van der Waals surface area contributed by atoms with Crippen LogP contribution in [-0.4, -0.2) is 34.8 Å². The zero-order valence-electron chi connectivity index (χ0n) is 12.0. The maximum atomic E-state index is 5.91. The average Bonchev–Trinajstić information content (AvgIpc) is 2.30. The lowest BCUT2D eigenvalue weighted by molar-refractivity contribution is 0.0516. The molecule has 0 heterocycles. The van der Waals surface area contributed by atoms with Crippen LogP contribution in [0.5, 0.6) is 0 Å². The SMILES string of the molecule is CCCCO[Si](NC(C)CC)(OCC)OCC. The second kappa shape index (κ2) is 10.0. The van der Waals surface area contributed by atoms with Crippen LogP contribution in [0.15, 0.2) is 0 Å². The first-order valence-electron chi connectivity index (χ1n) is 6.83.